The van der Waals surface area contributed by atoms with Crippen LogP contribution in [0.2, 0.25) is 0 Å². The van der Waals surface area contributed by atoms with Crippen molar-refractivity contribution >= 4 is 30.5 Å². The van der Waals surface area contributed by atoms with E-state index in [2.05, 4.69) is 0 Å². The van der Waals surface area contributed by atoms with Crippen molar-refractivity contribution in [1.29, 1.82) is 0 Å². The number of aryl methyl sites for hydroxylation is 4. The number of esters is 1. The Morgan fingerprint density at radius 2 is 1.13 bits per heavy atom. The fourth-order valence-corrected chi connectivity index (χ4v) is 4.73. The molecule has 0 atom stereocenters. The second kappa shape index (κ2) is 14.4. The lowest BCUT2D eigenvalue weighted by atomic mass is 10.2. The lowest BCUT2D eigenvalue weighted by Gasteiger charge is -2.11. The second-order valence-electron chi connectivity index (χ2n) is 10.9. The zero-order valence-corrected chi connectivity index (χ0v) is 26.4. The summed E-state index contributed by atoms with van der Waals surface area (Å²) >= 11 is 0. The quantitative estimate of drug-likeness (QED) is 0.186. The fourth-order valence-electron chi connectivity index (χ4n) is 4.73. The first-order valence-electron chi connectivity index (χ1n) is 14.5. The molecular weight excluding hydrogens is 572 g/mol. The lowest BCUT2D eigenvalue weighted by Crippen LogP contribution is -2.10. The molecule has 1 aliphatic rings. The van der Waals surface area contributed by atoms with E-state index in [0.29, 0.717) is 17.2 Å². The van der Waals surface area contributed by atoms with Gasteiger partial charge in [0.1, 0.15) is 0 Å². The first-order chi connectivity index (χ1) is 21.5. The van der Waals surface area contributed by atoms with E-state index in [1.165, 1.54) is 7.11 Å². The van der Waals surface area contributed by atoms with Gasteiger partial charge in [-0.25, -0.2) is 0 Å². The number of pyridine rings is 2. The summed E-state index contributed by atoms with van der Waals surface area (Å²) in [5, 5.41) is 9.73. The predicted molar refractivity (Wildman–Crippen MR) is 177 cm³/mol. The first-order valence-corrected chi connectivity index (χ1v) is 14.5. The Balaban J connectivity index is 0.000000210. The normalized spacial score (nSPS) is 12.6. The van der Waals surface area contributed by atoms with Crippen molar-refractivity contribution in [2.24, 2.45) is 5.92 Å². The van der Waals surface area contributed by atoms with Gasteiger partial charge in [-0.2, -0.15) is 0 Å². The van der Waals surface area contributed by atoms with Crippen molar-refractivity contribution in [1.82, 2.24) is 9.13 Å². The number of hydrogen-bond acceptors (Lipinski definition) is 7. The molecule has 2 aromatic carbocycles. The van der Waals surface area contributed by atoms with Crippen LogP contribution < -0.4 is 25.1 Å². The number of phenols is 1. The molecule has 234 valence electrons. The van der Waals surface area contributed by atoms with E-state index in [1.54, 1.807) is 55.6 Å². The maximum Gasteiger partial charge on any atom is 0.314 e. The minimum atomic E-state index is -0.202. The van der Waals surface area contributed by atoms with Crippen molar-refractivity contribution < 1.29 is 24.1 Å². The van der Waals surface area contributed by atoms with E-state index in [4.69, 9.17) is 14.2 Å². The summed E-state index contributed by atoms with van der Waals surface area (Å²) in [6.45, 7) is 7.53. The SMILES string of the molecule is COc1ccc(/C=C/n2c(C)cc(=O)cc2C)cc1O.COc1ccc(/C=C/n2c(C)cc(=O)cc2C)cc1OC(=O)C1CC1. The van der Waals surface area contributed by atoms with Gasteiger partial charge in [0.2, 0.25) is 0 Å². The lowest BCUT2D eigenvalue weighted by molar-refractivity contribution is -0.135. The average molecular weight is 611 g/mol. The second-order valence-corrected chi connectivity index (χ2v) is 10.9. The summed E-state index contributed by atoms with van der Waals surface area (Å²) < 4.78 is 19.6. The highest BCUT2D eigenvalue weighted by atomic mass is 16.6. The maximum absolute atomic E-state index is 11.9. The molecule has 1 N–H and O–H groups in total. The monoisotopic (exact) mass is 610 g/mol. The van der Waals surface area contributed by atoms with Crippen LogP contribution in [-0.4, -0.2) is 34.4 Å². The molecule has 0 saturated heterocycles. The number of nitrogens with zero attached hydrogens (tertiary/aromatic N) is 2. The smallest absolute Gasteiger partial charge is 0.314 e. The Hall–Kier alpha value is -5.31. The van der Waals surface area contributed by atoms with Crippen LogP contribution in [0.5, 0.6) is 23.0 Å². The van der Waals surface area contributed by atoms with E-state index in [9.17, 15) is 19.5 Å². The number of aromatic hydroxyl groups is 1. The number of carbonyl (C=O) groups excluding carboxylic acids is 1. The molecule has 0 amide bonds. The topological polar surface area (TPSA) is 109 Å². The summed E-state index contributed by atoms with van der Waals surface area (Å²) in [5.74, 6) is 1.32. The van der Waals surface area contributed by atoms with E-state index >= 15 is 0 Å². The Kier molecular flexibility index (Phi) is 10.5. The molecule has 0 bridgehead atoms. The van der Waals surface area contributed by atoms with Gasteiger partial charge in [-0.3, -0.25) is 14.4 Å². The van der Waals surface area contributed by atoms with E-state index in [0.717, 1.165) is 46.7 Å². The highest BCUT2D eigenvalue weighted by molar-refractivity contribution is 5.78. The number of aromatic nitrogens is 2. The summed E-state index contributed by atoms with van der Waals surface area (Å²) in [5.41, 5.74) is 5.17. The van der Waals surface area contributed by atoms with Crippen LogP contribution in [0.15, 0.2) is 70.3 Å². The average Bonchev–Trinajstić information content (AvgIpc) is 3.83. The van der Waals surface area contributed by atoms with Gasteiger partial charge in [0.15, 0.2) is 33.9 Å². The molecule has 0 unspecified atom stereocenters. The molecule has 2 heterocycles. The van der Waals surface area contributed by atoms with Gasteiger partial charge in [0.05, 0.1) is 20.1 Å². The molecule has 5 rings (SSSR count). The molecule has 9 heteroatoms. The molecule has 1 fully saturated rings. The van der Waals surface area contributed by atoms with Gasteiger partial charge >= 0.3 is 5.97 Å². The zero-order valence-electron chi connectivity index (χ0n) is 26.4. The van der Waals surface area contributed by atoms with Crippen molar-refractivity contribution in [2.75, 3.05) is 14.2 Å². The van der Waals surface area contributed by atoms with Gasteiger partial charge < -0.3 is 28.5 Å². The molecule has 0 radical (unpaired) electrons. The van der Waals surface area contributed by atoms with E-state index in [1.807, 2.05) is 73.5 Å². The summed E-state index contributed by atoms with van der Waals surface area (Å²) in [4.78, 5) is 34.8. The highest BCUT2D eigenvalue weighted by Crippen LogP contribution is 2.34. The molecule has 9 nitrogen and oxygen atoms in total. The molecule has 0 aliphatic heterocycles. The number of ether oxygens (including phenoxy) is 3. The molecule has 2 aromatic heterocycles. The van der Waals surface area contributed by atoms with Crippen molar-refractivity contribution in [3.63, 3.8) is 0 Å². The Labute approximate surface area is 262 Å². The van der Waals surface area contributed by atoms with Gasteiger partial charge in [-0.1, -0.05) is 12.1 Å². The molecular formula is C36H38N2O7. The molecule has 4 aromatic rings. The Bertz CT molecular complexity index is 1830. The zero-order chi connectivity index (χ0) is 32.7. The van der Waals surface area contributed by atoms with Crippen LogP contribution in [0.4, 0.5) is 0 Å². The van der Waals surface area contributed by atoms with E-state index in [-0.39, 0.29) is 28.5 Å². The summed E-state index contributed by atoms with van der Waals surface area (Å²) in [6.07, 6.45) is 9.31. The van der Waals surface area contributed by atoms with Crippen molar-refractivity contribution in [3.05, 3.63) is 115 Å². The van der Waals surface area contributed by atoms with Gasteiger partial charge in [-0.05, 0) is 88.1 Å². The number of methoxy groups -OCH3 is 2. The van der Waals surface area contributed by atoms with Crippen LogP contribution in [0.1, 0.15) is 46.7 Å². The number of rotatable bonds is 8. The maximum atomic E-state index is 11.9. The molecule has 1 aliphatic carbocycles. The van der Waals surface area contributed by atoms with Crippen LogP contribution in [0, 0.1) is 33.6 Å². The Morgan fingerprint density at radius 3 is 1.56 bits per heavy atom. The number of hydrogen-bond donors (Lipinski definition) is 1. The minimum absolute atomic E-state index is 0.00151. The molecule has 1 saturated carbocycles. The fraction of sp³-hybridized carbons (Fsp3) is 0.250. The third kappa shape index (κ3) is 8.63. The summed E-state index contributed by atoms with van der Waals surface area (Å²) in [7, 11) is 3.06. The number of carbonyl (C=O) groups is 1. The largest absolute Gasteiger partial charge is 0.504 e. The third-order valence-electron chi connectivity index (χ3n) is 7.27. The standard InChI is InChI=1S/C20H21NO4.C16H17NO3/c1-13-10-17(22)11-14(2)21(13)9-8-15-4-7-18(24-3)19(12-15)25-20(23)16-5-6-16;1-11-8-14(18)9-12(2)17(11)7-6-13-4-5-16(20-3)15(19)10-13/h4,7-12,16H,5-6H2,1-3H3;4-10,19H,1-3H3/b9-8+;7-6+. The van der Waals surface area contributed by atoms with Crippen LogP contribution >= 0.6 is 0 Å². The summed E-state index contributed by atoms with van der Waals surface area (Å²) in [6, 6.07) is 17.0. The minimum Gasteiger partial charge on any atom is -0.504 e. The van der Waals surface area contributed by atoms with E-state index < -0.39 is 0 Å². The van der Waals surface area contributed by atoms with Gasteiger partial charge in [-0.15, -0.1) is 0 Å². The van der Waals surface area contributed by atoms with Crippen molar-refractivity contribution in [2.45, 2.75) is 40.5 Å². The van der Waals surface area contributed by atoms with Gasteiger partial charge in [0.25, 0.3) is 0 Å². The van der Waals surface area contributed by atoms with Crippen LogP contribution in [0.3, 0.4) is 0 Å². The highest BCUT2D eigenvalue weighted by Gasteiger charge is 2.32. The van der Waals surface area contributed by atoms with Crippen LogP contribution in [-0.2, 0) is 4.79 Å². The molecule has 0 spiro atoms. The third-order valence-corrected chi connectivity index (χ3v) is 7.27. The Morgan fingerprint density at radius 1 is 0.689 bits per heavy atom. The number of benzene rings is 2. The predicted octanol–water partition coefficient (Wildman–Crippen LogP) is 6.22. The molecule has 45 heavy (non-hydrogen) atoms. The first kappa shape index (κ1) is 32.6. The van der Waals surface area contributed by atoms with Crippen LogP contribution in [0.25, 0.3) is 24.6 Å². The number of phenolic OH excluding ortho intramolecular Hbond substituents is 1. The van der Waals surface area contributed by atoms with Crippen molar-refractivity contribution in [3.8, 4) is 23.0 Å². The van der Waals surface area contributed by atoms with Gasteiger partial charge in [0, 0.05) is 59.4 Å².